The van der Waals surface area contributed by atoms with Gasteiger partial charge in [-0.05, 0) is 61.8 Å². The Morgan fingerprint density at radius 3 is 1.88 bits per heavy atom. The van der Waals surface area contributed by atoms with Crippen molar-refractivity contribution < 1.29 is 35.1 Å². The van der Waals surface area contributed by atoms with Crippen LogP contribution in [-0.2, 0) is 9.59 Å². The molecule has 3 fully saturated rings. The predicted octanol–water partition coefficient (Wildman–Crippen LogP) is 3.98. The van der Waals surface area contributed by atoms with Crippen LogP contribution in [0.15, 0.2) is 71.0 Å². The van der Waals surface area contributed by atoms with Gasteiger partial charge in [0.2, 0.25) is 11.6 Å². The normalized spacial score (nSPS) is 34.5. The quantitative estimate of drug-likeness (QED) is 0.213. The van der Waals surface area contributed by atoms with E-state index in [-0.39, 0.29) is 41.4 Å². The van der Waals surface area contributed by atoms with Crippen LogP contribution in [0.25, 0.3) is 6.08 Å². The molecule has 5 rings (SSSR count). The van der Waals surface area contributed by atoms with Gasteiger partial charge in [0.1, 0.15) is 5.76 Å². The number of rotatable bonds is 5. The van der Waals surface area contributed by atoms with E-state index < -0.39 is 47.7 Å². The summed E-state index contributed by atoms with van der Waals surface area (Å²) >= 11 is 0. The molecule has 4 unspecified atom stereocenters. The van der Waals surface area contributed by atoms with Crippen molar-refractivity contribution in [1.82, 2.24) is 0 Å². The molecule has 5 N–H and O–H groups in total. The standard InChI is InChI=1S/C33H40O7/c34-23-15-21(13-11-19-7-3-1-4-8-19)16-24(35)27(23)29-31(38)30(33(40)32(29)39)28-25(36)17-22(18-26(28)37)14-12-20-9-5-2-6-10-20/h1,3-4,7-8,11-14,20-26,28,34-38H,2,5-6,9-10,15-18H2/b13-11+,14-12+,29-27?. The molecule has 0 heterocycles. The van der Waals surface area contributed by atoms with Crippen LogP contribution in [0, 0.1) is 23.7 Å². The maximum atomic E-state index is 13.1. The van der Waals surface area contributed by atoms with Crippen molar-refractivity contribution in [3.8, 4) is 0 Å². The number of aliphatic hydroxyl groups excluding tert-OH is 5. The summed E-state index contributed by atoms with van der Waals surface area (Å²) in [5, 5.41) is 55.0. The molecular weight excluding hydrogens is 508 g/mol. The Morgan fingerprint density at radius 1 is 0.675 bits per heavy atom. The summed E-state index contributed by atoms with van der Waals surface area (Å²) in [6.07, 6.45) is 10.3. The number of aliphatic hydroxyl groups is 5. The Labute approximate surface area is 235 Å². The van der Waals surface area contributed by atoms with Crippen LogP contribution in [0.5, 0.6) is 0 Å². The summed E-state index contributed by atoms with van der Waals surface area (Å²) in [6, 6.07) is 9.62. The fourth-order valence-electron chi connectivity index (χ4n) is 7.06. The number of carbonyl (C=O) groups is 2. The third kappa shape index (κ3) is 5.93. The van der Waals surface area contributed by atoms with Crippen LogP contribution >= 0.6 is 0 Å². The molecule has 0 aromatic heterocycles. The van der Waals surface area contributed by atoms with E-state index in [1.165, 1.54) is 19.3 Å². The van der Waals surface area contributed by atoms with E-state index in [4.69, 9.17) is 0 Å². The van der Waals surface area contributed by atoms with Gasteiger partial charge in [-0.3, -0.25) is 9.59 Å². The monoisotopic (exact) mass is 548 g/mol. The summed E-state index contributed by atoms with van der Waals surface area (Å²) in [7, 11) is 0. The van der Waals surface area contributed by atoms with Crippen LogP contribution < -0.4 is 0 Å². The van der Waals surface area contributed by atoms with E-state index in [0.29, 0.717) is 18.8 Å². The molecule has 0 radical (unpaired) electrons. The maximum Gasteiger partial charge on any atom is 0.237 e. The second-order valence-electron chi connectivity index (χ2n) is 12.0. The van der Waals surface area contributed by atoms with E-state index in [1.54, 1.807) is 0 Å². The molecule has 4 atom stereocenters. The highest BCUT2D eigenvalue weighted by molar-refractivity contribution is 6.53. The molecule has 0 saturated heterocycles. The molecule has 7 nitrogen and oxygen atoms in total. The Kier molecular flexibility index (Phi) is 8.86. The first-order chi connectivity index (χ1) is 19.2. The lowest BCUT2D eigenvalue weighted by atomic mass is 9.73. The molecule has 0 spiro atoms. The largest absolute Gasteiger partial charge is 0.507 e. The van der Waals surface area contributed by atoms with Gasteiger partial charge in [0.25, 0.3) is 0 Å². The fourth-order valence-corrected chi connectivity index (χ4v) is 7.06. The van der Waals surface area contributed by atoms with Gasteiger partial charge in [-0.1, -0.05) is 73.9 Å². The third-order valence-corrected chi connectivity index (χ3v) is 9.15. The van der Waals surface area contributed by atoms with Crippen molar-refractivity contribution in [2.24, 2.45) is 23.7 Å². The Morgan fingerprint density at radius 2 is 1.25 bits per heavy atom. The van der Waals surface area contributed by atoms with E-state index in [9.17, 15) is 35.1 Å². The first-order valence-electron chi connectivity index (χ1n) is 14.6. The summed E-state index contributed by atoms with van der Waals surface area (Å²) in [6.45, 7) is 0. The van der Waals surface area contributed by atoms with Crippen LogP contribution in [0.3, 0.4) is 0 Å². The number of hydrogen-bond acceptors (Lipinski definition) is 7. The highest BCUT2D eigenvalue weighted by Gasteiger charge is 2.49. The molecule has 3 saturated carbocycles. The van der Waals surface area contributed by atoms with E-state index in [1.807, 2.05) is 42.5 Å². The van der Waals surface area contributed by atoms with E-state index in [0.717, 1.165) is 18.4 Å². The van der Waals surface area contributed by atoms with Gasteiger partial charge >= 0.3 is 0 Å². The van der Waals surface area contributed by atoms with Crippen molar-refractivity contribution in [1.29, 1.82) is 0 Å². The van der Waals surface area contributed by atoms with E-state index in [2.05, 4.69) is 12.2 Å². The zero-order valence-corrected chi connectivity index (χ0v) is 22.7. The van der Waals surface area contributed by atoms with Crippen LogP contribution in [-0.4, -0.2) is 61.5 Å². The lowest BCUT2D eigenvalue weighted by Gasteiger charge is -2.36. The lowest BCUT2D eigenvalue weighted by molar-refractivity contribution is -0.132. The average molecular weight is 549 g/mol. The fraction of sp³-hybridized carbons (Fsp3) is 0.515. The van der Waals surface area contributed by atoms with Crippen LogP contribution in [0.4, 0.5) is 0 Å². The van der Waals surface area contributed by atoms with Gasteiger partial charge in [-0.2, -0.15) is 0 Å². The minimum atomic E-state index is -1.24. The van der Waals surface area contributed by atoms with Crippen molar-refractivity contribution >= 4 is 17.6 Å². The summed E-state index contributed by atoms with van der Waals surface area (Å²) in [4.78, 5) is 26.2. The number of ketones is 2. The van der Waals surface area contributed by atoms with Crippen LogP contribution in [0.2, 0.25) is 0 Å². The van der Waals surface area contributed by atoms with Crippen molar-refractivity contribution in [2.75, 3.05) is 0 Å². The number of benzene rings is 1. The average Bonchev–Trinajstić information content (AvgIpc) is 3.15. The second kappa shape index (κ2) is 12.4. The highest BCUT2D eigenvalue weighted by Crippen LogP contribution is 2.43. The molecule has 0 amide bonds. The first-order valence-corrected chi connectivity index (χ1v) is 14.6. The van der Waals surface area contributed by atoms with Gasteiger partial charge in [0, 0.05) is 11.5 Å². The SMILES string of the molecule is O=C1C(=O)C(C2C(O)CC(/C=C/C3CCCCC3)CC2O)=C(O)C1=C1C(O)CC(/C=C/c2ccccc2)CC1O. The summed E-state index contributed by atoms with van der Waals surface area (Å²) in [5.74, 6) is -3.50. The number of carbonyl (C=O) groups excluding carboxylic acids is 2. The minimum absolute atomic E-state index is 0.0664. The molecule has 0 bridgehead atoms. The molecule has 214 valence electrons. The summed E-state index contributed by atoms with van der Waals surface area (Å²) < 4.78 is 0. The number of Topliss-reactive ketones (excluding diaryl/α,β-unsaturated/α-hetero) is 2. The summed E-state index contributed by atoms with van der Waals surface area (Å²) in [5.41, 5.74) is 0.217. The molecule has 0 aliphatic heterocycles. The maximum absolute atomic E-state index is 13.1. The number of hydrogen-bond donors (Lipinski definition) is 5. The van der Waals surface area contributed by atoms with Gasteiger partial charge in [-0.25, -0.2) is 0 Å². The van der Waals surface area contributed by atoms with Crippen molar-refractivity contribution in [2.45, 2.75) is 82.2 Å². The van der Waals surface area contributed by atoms with Gasteiger partial charge in [-0.15, -0.1) is 0 Å². The third-order valence-electron chi connectivity index (χ3n) is 9.15. The Balaban J connectivity index is 1.34. The van der Waals surface area contributed by atoms with E-state index >= 15 is 0 Å². The molecule has 1 aromatic rings. The smallest absolute Gasteiger partial charge is 0.237 e. The second-order valence-corrected chi connectivity index (χ2v) is 12.0. The van der Waals surface area contributed by atoms with Crippen molar-refractivity contribution in [3.05, 3.63) is 76.6 Å². The van der Waals surface area contributed by atoms with Gasteiger partial charge in [0.15, 0.2) is 0 Å². The first kappa shape index (κ1) is 28.7. The molecule has 4 aliphatic carbocycles. The van der Waals surface area contributed by atoms with Crippen molar-refractivity contribution in [3.63, 3.8) is 0 Å². The van der Waals surface area contributed by atoms with Crippen LogP contribution in [0.1, 0.15) is 63.4 Å². The highest BCUT2D eigenvalue weighted by atomic mass is 16.3. The molecule has 4 aliphatic rings. The molecule has 7 heteroatoms. The molecule has 1 aromatic carbocycles. The van der Waals surface area contributed by atoms with Gasteiger partial charge in [0.05, 0.1) is 35.6 Å². The molecular formula is C33H40O7. The lowest BCUT2D eigenvalue weighted by Crippen LogP contribution is -2.42. The molecule has 40 heavy (non-hydrogen) atoms. The Hall–Kier alpha value is -2.84. The zero-order chi connectivity index (χ0) is 28.4. The number of allylic oxidation sites excluding steroid dienone is 4. The zero-order valence-electron chi connectivity index (χ0n) is 22.7. The predicted molar refractivity (Wildman–Crippen MR) is 151 cm³/mol. The van der Waals surface area contributed by atoms with Gasteiger partial charge < -0.3 is 25.5 Å². The topological polar surface area (TPSA) is 135 Å². The Bertz CT molecular complexity index is 1190. The minimum Gasteiger partial charge on any atom is -0.507 e.